The Kier molecular flexibility index (Phi) is 6.17. The van der Waals surface area contributed by atoms with E-state index in [4.69, 9.17) is 9.47 Å². The molecule has 0 aliphatic carbocycles. The fraction of sp³-hybridized carbons (Fsp3) is 0.300. The summed E-state index contributed by atoms with van der Waals surface area (Å²) in [5.41, 5.74) is 2.05. The van der Waals surface area contributed by atoms with Gasteiger partial charge in [-0.15, -0.1) is 0 Å². The number of aryl methyl sites for hydroxylation is 1. The second-order valence-electron chi connectivity index (χ2n) is 5.65. The molecule has 0 saturated heterocycles. The molecule has 0 spiro atoms. The zero-order valence-corrected chi connectivity index (χ0v) is 15.0. The number of anilines is 1. The number of benzene rings is 2. The predicted molar refractivity (Wildman–Crippen MR) is 97.1 cm³/mol. The Bertz CT molecular complexity index is 743. The van der Waals surface area contributed by atoms with Crippen molar-refractivity contribution in [1.82, 2.24) is 0 Å². The third-order valence-corrected chi connectivity index (χ3v) is 3.93. The lowest BCUT2D eigenvalue weighted by Gasteiger charge is -2.24. The molecule has 0 bridgehead atoms. The summed E-state index contributed by atoms with van der Waals surface area (Å²) in [6.07, 6.45) is -0.889. The van der Waals surface area contributed by atoms with Gasteiger partial charge in [-0.25, -0.2) is 4.79 Å². The molecule has 5 heteroatoms. The lowest BCUT2D eigenvalue weighted by Crippen LogP contribution is -2.40. The van der Waals surface area contributed by atoms with Crippen molar-refractivity contribution in [3.05, 3.63) is 59.7 Å². The Morgan fingerprint density at radius 2 is 1.80 bits per heavy atom. The number of ether oxygens (including phenoxy) is 2. The molecule has 0 aliphatic heterocycles. The smallest absolute Gasteiger partial charge is 0.339 e. The van der Waals surface area contributed by atoms with Crippen molar-refractivity contribution in [3.8, 4) is 5.75 Å². The maximum atomic E-state index is 12.6. The number of amides is 1. The molecular formula is C20H23NO4. The summed E-state index contributed by atoms with van der Waals surface area (Å²) in [4.78, 5) is 26.6. The number of rotatable bonds is 6. The van der Waals surface area contributed by atoms with Crippen LogP contribution in [0.15, 0.2) is 48.5 Å². The molecule has 1 amide bonds. The fourth-order valence-corrected chi connectivity index (χ4v) is 2.52. The number of likely N-dealkylation sites (N-methyl/N-ethyl adjacent to an activating group) is 1. The minimum Gasteiger partial charge on any atom is -0.496 e. The zero-order chi connectivity index (χ0) is 18.4. The quantitative estimate of drug-likeness (QED) is 0.753. The van der Waals surface area contributed by atoms with Gasteiger partial charge in [0.05, 0.1) is 12.7 Å². The van der Waals surface area contributed by atoms with Crippen LogP contribution >= 0.6 is 0 Å². The zero-order valence-electron chi connectivity index (χ0n) is 15.0. The second kappa shape index (κ2) is 8.33. The van der Waals surface area contributed by atoms with Crippen molar-refractivity contribution in [2.45, 2.75) is 26.9 Å². The second-order valence-corrected chi connectivity index (χ2v) is 5.65. The first-order valence-corrected chi connectivity index (χ1v) is 8.20. The van der Waals surface area contributed by atoms with Gasteiger partial charge in [-0.3, -0.25) is 4.79 Å². The van der Waals surface area contributed by atoms with E-state index in [9.17, 15) is 9.59 Å². The molecule has 0 radical (unpaired) electrons. The number of esters is 1. The molecule has 2 aromatic rings. The van der Waals surface area contributed by atoms with E-state index in [1.807, 2.05) is 44.2 Å². The van der Waals surface area contributed by atoms with Crippen molar-refractivity contribution >= 4 is 17.6 Å². The SMILES string of the molecule is CCN(C(=O)[C@@H](C)OC(=O)c1ccc(C)c(OC)c1)c1ccccc1. The molecular weight excluding hydrogens is 318 g/mol. The molecule has 0 fully saturated rings. The summed E-state index contributed by atoms with van der Waals surface area (Å²) >= 11 is 0. The number of hydrogen-bond acceptors (Lipinski definition) is 4. The Hall–Kier alpha value is -2.82. The van der Waals surface area contributed by atoms with Crippen molar-refractivity contribution in [2.24, 2.45) is 0 Å². The topological polar surface area (TPSA) is 55.8 Å². The normalized spacial score (nSPS) is 11.5. The summed E-state index contributed by atoms with van der Waals surface area (Å²) in [6, 6.07) is 14.4. The number of carbonyl (C=O) groups is 2. The minimum atomic E-state index is -0.889. The van der Waals surface area contributed by atoms with Crippen LogP contribution in [0.5, 0.6) is 5.75 Å². The predicted octanol–water partition coefficient (Wildman–Crippen LogP) is 3.60. The van der Waals surface area contributed by atoms with Crippen LogP contribution in [0.2, 0.25) is 0 Å². The maximum absolute atomic E-state index is 12.6. The van der Waals surface area contributed by atoms with Gasteiger partial charge < -0.3 is 14.4 Å². The Labute approximate surface area is 148 Å². The standard InChI is InChI=1S/C20H23NO4/c1-5-21(17-9-7-6-8-10-17)19(22)15(3)25-20(23)16-12-11-14(2)18(13-16)24-4/h6-13,15H,5H2,1-4H3/t15-/m1/s1. The number of hydrogen-bond donors (Lipinski definition) is 0. The maximum Gasteiger partial charge on any atom is 0.339 e. The first kappa shape index (κ1) is 18.5. The van der Waals surface area contributed by atoms with Crippen molar-refractivity contribution in [1.29, 1.82) is 0 Å². The van der Waals surface area contributed by atoms with Crippen LogP contribution in [-0.4, -0.2) is 31.6 Å². The minimum absolute atomic E-state index is 0.263. The highest BCUT2D eigenvalue weighted by molar-refractivity contribution is 5.99. The largest absolute Gasteiger partial charge is 0.496 e. The molecule has 1 atom stereocenters. The highest BCUT2D eigenvalue weighted by Gasteiger charge is 2.24. The number of carbonyl (C=O) groups excluding carboxylic acids is 2. The highest BCUT2D eigenvalue weighted by Crippen LogP contribution is 2.20. The van der Waals surface area contributed by atoms with E-state index in [1.165, 1.54) is 0 Å². The molecule has 5 nitrogen and oxygen atoms in total. The third-order valence-electron chi connectivity index (χ3n) is 3.93. The summed E-state index contributed by atoms with van der Waals surface area (Å²) in [5.74, 6) is -0.211. The summed E-state index contributed by atoms with van der Waals surface area (Å²) in [6.45, 7) is 5.84. The molecule has 0 N–H and O–H groups in total. The Morgan fingerprint density at radius 1 is 1.12 bits per heavy atom. The fourth-order valence-electron chi connectivity index (χ4n) is 2.52. The van der Waals surface area contributed by atoms with Crippen LogP contribution in [0.3, 0.4) is 0 Å². The molecule has 2 aromatic carbocycles. The molecule has 0 heterocycles. The Morgan fingerprint density at radius 3 is 2.40 bits per heavy atom. The summed E-state index contributed by atoms with van der Waals surface area (Å²) in [7, 11) is 1.54. The first-order chi connectivity index (χ1) is 12.0. The molecule has 0 unspecified atom stereocenters. The van der Waals surface area contributed by atoms with Gasteiger partial charge in [0.25, 0.3) is 5.91 Å². The lowest BCUT2D eigenvalue weighted by molar-refractivity contribution is -0.126. The van der Waals surface area contributed by atoms with Gasteiger partial charge >= 0.3 is 5.97 Å². The van der Waals surface area contributed by atoms with Gasteiger partial charge in [0.2, 0.25) is 0 Å². The van der Waals surface area contributed by atoms with Crippen LogP contribution in [0.4, 0.5) is 5.69 Å². The molecule has 25 heavy (non-hydrogen) atoms. The van der Waals surface area contributed by atoms with Crippen LogP contribution in [0, 0.1) is 6.92 Å². The molecule has 2 rings (SSSR count). The average molecular weight is 341 g/mol. The van der Waals surface area contributed by atoms with Crippen LogP contribution in [-0.2, 0) is 9.53 Å². The lowest BCUT2D eigenvalue weighted by atomic mass is 10.1. The van der Waals surface area contributed by atoms with Gasteiger partial charge in [-0.05, 0) is 50.6 Å². The first-order valence-electron chi connectivity index (χ1n) is 8.20. The highest BCUT2D eigenvalue weighted by atomic mass is 16.5. The van der Waals surface area contributed by atoms with Crippen LogP contribution in [0.25, 0.3) is 0 Å². The number of methoxy groups -OCH3 is 1. The van der Waals surface area contributed by atoms with E-state index in [0.717, 1.165) is 11.3 Å². The molecule has 0 aliphatic rings. The number of nitrogens with zero attached hydrogens (tertiary/aromatic N) is 1. The van der Waals surface area contributed by atoms with Gasteiger partial charge in [0.1, 0.15) is 5.75 Å². The molecule has 0 aromatic heterocycles. The summed E-state index contributed by atoms with van der Waals surface area (Å²) in [5, 5.41) is 0. The van der Waals surface area contributed by atoms with Crippen LogP contribution < -0.4 is 9.64 Å². The monoisotopic (exact) mass is 341 g/mol. The van der Waals surface area contributed by atoms with Gasteiger partial charge in [-0.1, -0.05) is 24.3 Å². The van der Waals surface area contributed by atoms with E-state index in [0.29, 0.717) is 17.9 Å². The van der Waals surface area contributed by atoms with E-state index in [-0.39, 0.29) is 5.91 Å². The van der Waals surface area contributed by atoms with Gasteiger partial charge in [0, 0.05) is 12.2 Å². The summed E-state index contributed by atoms with van der Waals surface area (Å²) < 4.78 is 10.6. The Balaban J connectivity index is 2.11. The van der Waals surface area contributed by atoms with Crippen molar-refractivity contribution in [3.63, 3.8) is 0 Å². The van der Waals surface area contributed by atoms with Crippen molar-refractivity contribution < 1.29 is 19.1 Å². The third kappa shape index (κ3) is 4.38. The van der Waals surface area contributed by atoms with E-state index < -0.39 is 12.1 Å². The van der Waals surface area contributed by atoms with E-state index in [1.54, 1.807) is 37.1 Å². The number of para-hydroxylation sites is 1. The molecule has 0 saturated carbocycles. The van der Waals surface area contributed by atoms with E-state index >= 15 is 0 Å². The molecule has 132 valence electrons. The van der Waals surface area contributed by atoms with Crippen molar-refractivity contribution in [2.75, 3.05) is 18.6 Å². The van der Waals surface area contributed by atoms with Gasteiger partial charge in [0.15, 0.2) is 6.10 Å². The van der Waals surface area contributed by atoms with Gasteiger partial charge in [-0.2, -0.15) is 0 Å². The van der Waals surface area contributed by atoms with Crippen LogP contribution in [0.1, 0.15) is 29.8 Å². The average Bonchev–Trinajstić information content (AvgIpc) is 2.63. The van der Waals surface area contributed by atoms with E-state index in [2.05, 4.69) is 0 Å².